The van der Waals surface area contributed by atoms with Crippen LogP contribution < -0.4 is 10.6 Å². The number of anilines is 2. The highest BCUT2D eigenvalue weighted by atomic mass is 16.1. The molecule has 5 heteroatoms. The summed E-state index contributed by atoms with van der Waals surface area (Å²) in [6.07, 6.45) is 0.500. The van der Waals surface area contributed by atoms with Gasteiger partial charge in [-0.25, -0.2) is 0 Å². The number of amides is 1. The van der Waals surface area contributed by atoms with Crippen LogP contribution in [0.5, 0.6) is 0 Å². The summed E-state index contributed by atoms with van der Waals surface area (Å²) in [5.41, 5.74) is 1.78. The van der Waals surface area contributed by atoms with E-state index in [0.29, 0.717) is 13.0 Å². The second-order valence-electron chi connectivity index (χ2n) is 3.16. The monoisotopic (exact) mass is 180 g/mol. The smallest absolute Gasteiger partial charge is 0.226 e. The van der Waals surface area contributed by atoms with Gasteiger partial charge in [0.05, 0.1) is 5.69 Å². The van der Waals surface area contributed by atoms with E-state index in [1.807, 2.05) is 14.0 Å². The average molecular weight is 180 g/mol. The fourth-order valence-corrected chi connectivity index (χ4v) is 1.38. The molecule has 1 amide bonds. The number of nitrogens with zero attached hydrogens (tertiary/aromatic N) is 2. The van der Waals surface area contributed by atoms with Crippen molar-refractivity contribution in [2.45, 2.75) is 13.3 Å². The van der Waals surface area contributed by atoms with E-state index in [1.54, 1.807) is 4.68 Å². The number of aromatic nitrogens is 2. The molecule has 0 unspecified atom stereocenters. The van der Waals surface area contributed by atoms with Crippen LogP contribution in [-0.4, -0.2) is 22.2 Å². The highest BCUT2D eigenvalue weighted by molar-refractivity contribution is 5.95. The molecule has 0 radical (unpaired) electrons. The molecule has 0 atom stereocenters. The van der Waals surface area contributed by atoms with Crippen LogP contribution in [0.1, 0.15) is 12.1 Å². The Labute approximate surface area is 76.1 Å². The van der Waals surface area contributed by atoms with Gasteiger partial charge in [0.2, 0.25) is 5.91 Å². The van der Waals surface area contributed by atoms with Gasteiger partial charge in [0.1, 0.15) is 5.69 Å². The largest absolute Gasteiger partial charge is 0.366 e. The fraction of sp³-hybridized carbons (Fsp3) is 0.500. The first-order valence-corrected chi connectivity index (χ1v) is 4.26. The summed E-state index contributed by atoms with van der Waals surface area (Å²) >= 11 is 0. The molecule has 2 heterocycles. The predicted octanol–water partition coefficient (Wildman–Crippen LogP) is 0.483. The molecule has 1 aromatic rings. The number of nitrogens with one attached hydrogen (secondary N) is 2. The van der Waals surface area contributed by atoms with E-state index < -0.39 is 0 Å². The first kappa shape index (κ1) is 8.10. The molecule has 0 fully saturated rings. The molecular weight excluding hydrogens is 168 g/mol. The van der Waals surface area contributed by atoms with Crippen LogP contribution in [-0.2, 0) is 11.8 Å². The Morgan fingerprint density at radius 2 is 2.31 bits per heavy atom. The zero-order valence-corrected chi connectivity index (χ0v) is 7.72. The lowest BCUT2D eigenvalue weighted by Gasteiger charge is -2.00. The second kappa shape index (κ2) is 2.76. The molecule has 5 nitrogen and oxygen atoms in total. The van der Waals surface area contributed by atoms with Crippen LogP contribution in [0.25, 0.3) is 0 Å². The van der Waals surface area contributed by atoms with E-state index in [0.717, 1.165) is 17.2 Å². The van der Waals surface area contributed by atoms with Gasteiger partial charge in [0.15, 0.2) is 5.82 Å². The normalized spacial score (nSPS) is 15.7. The molecular formula is C8H12N4O. The standard InChI is InChI=1S/C8H12N4O/c1-5-7-8(11-12(5)2)9-4-3-6(13)10-7/h3-4H2,1-2H3,(H,9,11)(H,10,13). The van der Waals surface area contributed by atoms with Crippen molar-refractivity contribution in [1.82, 2.24) is 9.78 Å². The molecule has 1 aliphatic heterocycles. The van der Waals surface area contributed by atoms with Crippen molar-refractivity contribution in [3.8, 4) is 0 Å². The van der Waals surface area contributed by atoms with E-state index in [4.69, 9.17) is 0 Å². The average Bonchev–Trinajstić information content (AvgIpc) is 2.29. The molecule has 2 rings (SSSR count). The van der Waals surface area contributed by atoms with Crippen molar-refractivity contribution >= 4 is 17.4 Å². The van der Waals surface area contributed by atoms with Crippen LogP contribution in [0.2, 0.25) is 0 Å². The van der Waals surface area contributed by atoms with E-state index in [2.05, 4.69) is 15.7 Å². The van der Waals surface area contributed by atoms with Gasteiger partial charge in [0, 0.05) is 20.0 Å². The van der Waals surface area contributed by atoms with Gasteiger partial charge < -0.3 is 10.6 Å². The van der Waals surface area contributed by atoms with Gasteiger partial charge in [-0.2, -0.15) is 5.10 Å². The van der Waals surface area contributed by atoms with Gasteiger partial charge in [-0.3, -0.25) is 9.48 Å². The number of aryl methyl sites for hydroxylation is 1. The lowest BCUT2D eigenvalue weighted by molar-refractivity contribution is -0.115. The minimum absolute atomic E-state index is 0.0438. The van der Waals surface area contributed by atoms with Gasteiger partial charge >= 0.3 is 0 Å². The van der Waals surface area contributed by atoms with Crippen LogP contribution in [0.4, 0.5) is 11.5 Å². The number of carbonyl (C=O) groups excluding carboxylic acids is 1. The quantitative estimate of drug-likeness (QED) is 0.610. The Morgan fingerprint density at radius 3 is 3.08 bits per heavy atom. The Kier molecular flexibility index (Phi) is 1.72. The molecule has 0 saturated carbocycles. The molecule has 2 N–H and O–H groups in total. The van der Waals surface area contributed by atoms with Gasteiger partial charge in [0.25, 0.3) is 0 Å². The molecule has 0 saturated heterocycles. The highest BCUT2D eigenvalue weighted by Crippen LogP contribution is 2.25. The van der Waals surface area contributed by atoms with E-state index in [9.17, 15) is 4.79 Å². The summed E-state index contributed by atoms with van der Waals surface area (Å²) in [7, 11) is 1.86. The Balaban J connectivity index is 2.45. The minimum atomic E-state index is 0.0438. The Morgan fingerprint density at radius 1 is 1.54 bits per heavy atom. The summed E-state index contributed by atoms with van der Waals surface area (Å²) < 4.78 is 1.75. The molecule has 0 spiro atoms. The van der Waals surface area contributed by atoms with Crippen LogP contribution in [0.15, 0.2) is 0 Å². The molecule has 70 valence electrons. The van der Waals surface area contributed by atoms with Gasteiger partial charge in [-0.05, 0) is 6.92 Å². The maximum atomic E-state index is 11.2. The van der Waals surface area contributed by atoms with E-state index in [1.165, 1.54) is 0 Å². The van der Waals surface area contributed by atoms with Crippen LogP contribution >= 0.6 is 0 Å². The number of carbonyl (C=O) groups is 1. The van der Waals surface area contributed by atoms with Crippen molar-refractivity contribution in [2.75, 3.05) is 17.2 Å². The lowest BCUT2D eigenvalue weighted by atomic mass is 10.3. The van der Waals surface area contributed by atoms with Crippen molar-refractivity contribution in [3.05, 3.63) is 5.69 Å². The van der Waals surface area contributed by atoms with Gasteiger partial charge in [-0.1, -0.05) is 0 Å². The maximum Gasteiger partial charge on any atom is 0.226 e. The lowest BCUT2D eigenvalue weighted by Crippen LogP contribution is -2.12. The van der Waals surface area contributed by atoms with Crippen molar-refractivity contribution in [1.29, 1.82) is 0 Å². The van der Waals surface area contributed by atoms with Crippen molar-refractivity contribution in [2.24, 2.45) is 7.05 Å². The third-order valence-electron chi connectivity index (χ3n) is 2.24. The predicted molar refractivity (Wildman–Crippen MR) is 49.7 cm³/mol. The maximum absolute atomic E-state index is 11.2. The molecule has 0 aromatic carbocycles. The SMILES string of the molecule is Cc1c2c(nn1C)NCCC(=O)N2. The summed E-state index contributed by atoms with van der Waals surface area (Å²) in [5, 5.41) is 10.2. The summed E-state index contributed by atoms with van der Waals surface area (Å²) in [6.45, 7) is 2.58. The highest BCUT2D eigenvalue weighted by Gasteiger charge is 2.18. The summed E-state index contributed by atoms with van der Waals surface area (Å²) in [6, 6.07) is 0. The second-order valence-corrected chi connectivity index (χ2v) is 3.16. The molecule has 13 heavy (non-hydrogen) atoms. The molecule has 0 bridgehead atoms. The van der Waals surface area contributed by atoms with Crippen LogP contribution in [0.3, 0.4) is 0 Å². The molecule has 0 aliphatic carbocycles. The first-order valence-electron chi connectivity index (χ1n) is 4.26. The minimum Gasteiger partial charge on any atom is -0.366 e. The number of hydrogen-bond acceptors (Lipinski definition) is 3. The van der Waals surface area contributed by atoms with E-state index >= 15 is 0 Å². The number of fused-ring (bicyclic) bond motifs is 1. The third-order valence-corrected chi connectivity index (χ3v) is 2.24. The zero-order valence-electron chi connectivity index (χ0n) is 7.72. The van der Waals surface area contributed by atoms with Crippen molar-refractivity contribution in [3.63, 3.8) is 0 Å². The first-order chi connectivity index (χ1) is 6.18. The van der Waals surface area contributed by atoms with E-state index in [-0.39, 0.29) is 5.91 Å². The summed E-state index contributed by atoms with van der Waals surface area (Å²) in [5.74, 6) is 0.813. The van der Waals surface area contributed by atoms with Crippen LogP contribution in [0, 0.1) is 6.92 Å². The number of hydrogen-bond donors (Lipinski definition) is 2. The number of rotatable bonds is 0. The van der Waals surface area contributed by atoms with Crippen molar-refractivity contribution < 1.29 is 4.79 Å². The Hall–Kier alpha value is -1.52. The third kappa shape index (κ3) is 1.26. The fourth-order valence-electron chi connectivity index (χ4n) is 1.38. The Bertz CT molecular complexity index is 355. The van der Waals surface area contributed by atoms with Gasteiger partial charge in [-0.15, -0.1) is 0 Å². The molecule has 1 aromatic heterocycles. The topological polar surface area (TPSA) is 59.0 Å². The molecule has 1 aliphatic rings. The zero-order chi connectivity index (χ0) is 9.42. The summed E-state index contributed by atoms with van der Waals surface area (Å²) in [4.78, 5) is 11.2.